The Kier molecular flexibility index (Phi) is 5.33. The van der Waals surface area contributed by atoms with Crippen molar-refractivity contribution in [1.29, 1.82) is 5.26 Å². The molecule has 1 aliphatic rings. The molecule has 1 saturated heterocycles. The van der Waals surface area contributed by atoms with Crippen LogP contribution in [0.25, 0.3) is 11.2 Å². The van der Waals surface area contributed by atoms with Crippen molar-refractivity contribution in [2.75, 3.05) is 31.1 Å². The number of carbonyl (C=O) groups is 1. The summed E-state index contributed by atoms with van der Waals surface area (Å²) < 4.78 is 3.83. The van der Waals surface area contributed by atoms with Crippen molar-refractivity contribution in [2.24, 2.45) is 14.1 Å². The number of aromatic nitrogens is 4. The number of hydrogen-bond acceptors (Lipinski definition) is 6. The van der Waals surface area contributed by atoms with Gasteiger partial charge in [-0.05, 0) is 30.7 Å². The molecule has 10 heteroatoms. The molecule has 3 aromatic rings. The van der Waals surface area contributed by atoms with E-state index in [0.29, 0.717) is 30.8 Å². The van der Waals surface area contributed by atoms with E-state index in [9.17, 15) is 14.4 Å². The molecule has 1 amide bonds. The Labute approximate surface area is 178 Å². The molecular weight excluding hydrogens is 398 g/mol. The van der Waals surface area contributed by atoms with Gasteiger partial charge in [-0.1, -0.05) is 0 Å². The molecule has 160 valence electrons. The molecule has 0 saturated carbocycles. The second-order valence-electron chi connectivity index (χ2n) is 7.64. The van der Waals surface area contributed by atoms with Gasteiger partial charge >= 0.3 is 5.69 Å². The topological polar surface area (TPSA) is 109 Å². The lowest BCUT2D eigenvalue weighted by molar-refractivity contribution is -0.131. The SMILES string of the molecule is Cn1cnc2c1c(=O)n(CC(=O)N1CCCN(c3ccc(C#N)cc3)CC1)c(=O)n2C. The first-order valence-corrected chi connectivity index (χ1v) is 10.0. The lowest BCUT2D eigenvalue weighted by Crippen LogP contribution is -2.45. The van der Waals surface area contributed by atoms with Crippen molar-refractivity contribution in [2.45, 2.75) is 13.0 Å². The summed E-state index contributed by atoms with van der Waals surface area (Å²) in [6.45, 7) is 2.14. The summed E-state index contributed by atoms with van der Waals surface area (Å²) in [7, 11) is 3.22. The molecule has 31 heavy (non-hydrogen) atoms. The summed E-state index contributed by atoms with van der Waals surface area (Å²) in [5, 5.41) is 8.96. The molecular formula is C21H23N7O3. The van der Waals surface area contributed by atoms with Gasteiger partial charge in [0.25, 0.3) is 5.56 Å². The van der Waals surface area contributed by atoms with Crippen LogP contribution in [-0.4, -0.2) is 55.7 Å². The third-order valence-electron chi connectivity index (χ3n) is 5.70. The van der Waals surface area contributed by atoms with Gasteiger partial charge in [-0.15, -0.1) is 0 Å². The molecule has 0 N–H and O–H groups in total. The molecule has 0 radical (unpaired) electrons. The zero-order valence-corrected chi connectivity index (χ0v) is 17.5. The molecule has 0 bridgehead atoms. The lowest BCUT2D eigenvalue weighted by atomic mass is 10.2. The molecule has 0 aliphatic carbocycles. The third-order valence-corrected chi connectivity index (χ3v) is 5.70. The van der Waals surface area contributed by atoms with Crippen LogP contribution in [-0.2, 0) is 25.4 Å². The molecule has 2 aromatic heterocycles. The van der Waals surface area contributed by atoms with Gasteiger partial charge < -0.3 is 14.4 Å². The predicted molar refractivity (Wildman–Crippen MR) is 115 cm³/mol. The van der Waals surface area contributed by atoms with E-state index >= 15 is 0 Å². The average molecular weight is 421 g/mol. The van der Waals surface area contributed by atoms with E-state index in [1.165, 1.54) is 10.9 Å². The Bertz CT molecular complexity index is 1290. The number of nitrogens with zero attached hydrogens (tertiary/aromatic N) is 7. The number of carbonyl (C=O) groups excluding carboxylic acids is 1. The van der Waals surface area contributed by atoms with Crippen LogP contribution in [0.3, 0.4) is 0 Å². The van der Waals surface area contributed by atoms with Crippen molar-refractivity contribution in [3.8, 4) is 6.07 Å². The number of aryl methyl sites for hydroxylation is 2. The van der Waals surface area contributed by atoms with Gasteiger partial charge in [0.15, 0.2) is 11.2 Å². The van der Waals surface area contributed by atoms with Gasteiger partial charge in [0.1, 0.15) is 6.54 Å². The van der Waals surface area contributed by atoms with E-state index in [-0.39, 0.29) is 18.0 Å². The highest BCUT2D eigenvalue weighted by atomic mass is 16.2. The van der Waals surface area contributed by atoms with Gasteiger partial charge in [-0.3, -0.25) is 14.2 Å². The fourth-order valence-corrected chi connectivity index (χ4v) is 3.94. The highest BCUT2D eigenvalue weighted by Crippen LogP contribution is 2.17. The molecule has 3 heterocycles. The molecule has 0 spiro atoms. The quantitative estimate of drug-likeness (QED) is 0.591. The highest BCUT2D eigenvalue weighted by molar-refractivity contribution is 5.77. The Morgan fingerprint density at radius 2 is 1.84 bits per heavy atom. The van der Waals surface area contributed by atoms with E-state index < -0.39 is 11.2 Å². The number of nitriles is 1. The van der Waals surface area contributed by atoms with Crippen LogP contribution in [0.1, 0.15) is 12.0 Å². The van der Waals surface area contributed by atoms with E-state index in [4.69, 9.17) is 5.26 Å². The zero-order valence-electron chi connectivity index (χ0n) is 17.5. The predicted octanol–water partition coefficient (Wildman–Crippen LogP) is 0.0443. The summed E-state index contributed by atoms with van der Waals surface area (Å²) in [5.74, 6) is -0.262. The number of fused-ring (bicyclic) bond motifs is 1. The first-order chi connectivity index (χ1) is 14.9. The first-order valence-electron chi connectivity index (χ1n) is 10.0. The van der Waals surface area contributed by atoms with Crippen LogP contribution in [0.5, 0.6) is 0 Å². The highest BCUT2D eigenvalue weighted by Gasteiger charge is 2.22. The maximum Gasteiger partial charge on any atom is 0.332 e. The summed E-state index contributed by atoms with van der Waals surface area (Å²) >= 11 is 0. The third kappa shape index (κ3) is 3.70. The van der Waals surface area contributed by atoms with Crippen molar-refractivity contribution in [3.05, 3.63) is 57.0 Å². The number of rotatable bonds is 3. The van der Waals surface area contributed by atoms with E-state index in [0.717, 1.165) is 23.2 Å². The second-order valence-corrected chi connectivity index (χ2v) is 7.64. The zero-order chi connectivity index (χ0) is 22.1. The van der Waals surface area contributed by atoms with Crippen molar-refractivity contribution >= 4 is 22.8 Å². The largest absolute Gasteiger partial charge is 0.370 e. The van der Waals surface area contributed by atoms with Gasteiger partial charge in [-0.2, -0.15) is 5.26 Å². The van der Waals surface area contributed by atoms with Crippen molar-refractivity contribution in [1.82, 2.24) is 23.6 Å². The average Bonchev–Trinajstić information content (AvgIpc) is 3.00. The number of benzene rings is 1. The number of anilines is 1. The number of hydrogen-bond donors (Lipinski definition) is 0. The van der Waals surface area contributed by atoms with Gasteiger partial charge in [-0.25, -0.2) is 14.3 Å². The standard InChI is InChI=1S/C21H23N7O3/c1-24-14-23-19-18(24)20(30)28(21(31)25(19)2)13-17(29)27-9-3-8-26(10-11-27)16-6-4-15(12-22)5-7-16/h4-7,14H,3,8-11,13H2,1-2H3. The minimum absolute atomic E-state index is 0.262. The smallest absolute Gasteiger partial charge is 0.332 e. The van der Waals surface area contributed by atoms with E-state index in [2.05, 4.69) is 16.0 Å². The molecule has 4 rings (SSSR count). The number of imidazole rings is 1. The summed E-state index contributed by atoms with van der Waals surface area (Å²) in [5.41, 5.74) is 1.12. The Balaban J connectivity index is 1.52. The normalized spacial score (nSPS) is 14.5. The molecule has 1 fully saturated rings. The first kappa shape index (κ1) is 20.4. The Hall–Kier alpha value is -3.87. The molecule has 0 atom stereocenters. The minimum Gasteiger partial charge on any atom is -0.370 e. The minimum atomic E-state index is -0.557. The van der Waals surface area contributed by atoms with Gasteiger partial charge in [0, 0.05) is 46.0 Å². The Morgan fingerprint density at radius 3 is 2.55 bits per heavy atom. The van der Waals surface area contributed by atoms with Crippen LogP contribution in [0.2, 0.25) is 0 Å². The van der Waals surface area contributed by atoms with Crippen LogP contribution < -0.4 is 16.1 Å². The number of amides is 1. The molecule has 1 aromatic carbocycles. The fraction of sp³-hybridized carbons (Fsp3) is 0.381. The Morgan fingerprint density at radius 1 is 1.10 bits per heavy atom. The van der Waals surface area contributed by atoms with E-state index in [1.807, 2.05) is 12.1 Å². The maximum absolute atomic E-state index is 13.0. The van der Waals surface area contributed by atoms with Crippen molar-refractivity contribution in [3.63, 3.8) is 0 Å². The maximum atomic E-state index is 13.0. The second kappa shape index (κ2) is 8.10. The van der Waals surface area contributed by atoms with Crippen LogP contribution in [0, 0.1) is 11.3 Å². The van der Waals surface area contributed by atoms with Gasteiger partial charge in [0.2, 0.25) is 5.91 Å². The monoisotopic (exact) mass is 421 g/mol. The van der Waals surface area contributed by atoms with Crippen LogP contribution >= 0.6 is 0 Å². The summed E-state index contributed by atoms with van der Waals surface area (Å²) in [4.78, 5) is 46.4. The fourth-order valence-electron chi connectivity index (χ4n) is 3.94. The van der Waals surface area contributed by atoms with Crippen LogP contribution in [0.15, 0.2) is 40.2 Å². The van der Waals surface area contributed by atoms with Gasteiger partial charge in [0.05, 0.1) is 18.0 Å². The lowest BCUT2D eigenvalue weighted by Gasteiger charge is -2.24. The summed E-state index contributed by atoms with van der Waals surface area (Å²) in [6, 6.07) is 9.47. The molecule has 0 unspecified atom stereocenters. The van der Waals surface area contributed by atoms with E-state index in [1.54, 1.807) is 35.7 Å². The molecule has 1 aliphatic heterocycles. The molecule has 10 nitrogen and oxygen atoms in total. The van der Waals surface area contributed by atoms with Crippen LogP contribution in [0.4, 0.5) is 5.69 Å². The van der Waals surface area contributed by atoms with Crippen molar-refractivity contribution < 1.29 is 4.79 Å². The summed E-state index contributed by atoms with van der Waals surface area (Å²) in [6.07, 6.45) is 2.24.